The minimum absolute atomic E-state index is 1.70. The maximum Gasteiger partial charge on any atom is 0.488 e. The lowest BCUT2D eigenvalue weighted by Gasteiger charge is -2.57. The van der Waals surface area contributed by atoms with E-state index in [1.54, 1.807) is 0 Å². The molecule has 0 amide bonds. The van der Waals surface area contributed by atoms with Crippen LogP contribution in [-0.4, -0.2) is 9.77 Å². The van der Waals surface area contributed by atoms with E-state index >= 15 is 0 Å². The van der Waals surface area contributed by atoms with Crippen LogP contribution in [0, 0.1) is 0 Å². The fraction of sp³-hybridized carbons (Fsp3) is 1.00. The van der Waals surface area contributed by atoms with Gasteiger partial charge in [-0.3, -0.25) is 0 Å². The largest absolute Gasteiger partial charge is 0.488 e. The molecular weight excluding hydrogens is 225 g/mol. The van der Waals surface area contributed by atoms with Crippen molar-refractivity contribution in [1.29, 1.82) is 0 Å². The molecule has 0 N–H and O–H groups in total. The summed E-state index contributed by atoms with van der Waals surface area (Å²) in [7, 11) is -3.24. The van der Waals surface area contributed by atoms with Gasteiger partial charge in [-0.15, -0.1) is 0 Å². The molecule has 8 heteroatoms. The SMILES string of the molecule is O=P12OC(C(Cl)(Cl)Cl)(O1)O2. The van der Waals surface area contributed by atoms with Gasteiger partial charge in [0.25, 0.3) is 3.79 Å². The van der Waals surface area contributed by atoms with Gasteiger partial charge < -0.3 is 0 Å². The van der Waals surface area contributed by atoms with Gasteiger partial charge in [-0.1, -0.05) is 34.8 Å². The van der Waals surface area contributed by atoms with Gasteiger partial charge in [0.15, 0.2) is 0 Å². The topological polar surface area (TPSA) is 44.8 Å². The number of alkyl halides is 3. The van der Waals surface area contributed by atoms with Crippen molar-refractivity contribution in [2.24, 2.45) is 0 Å². The molecule has 3 aliphatic heterocycles. The Kier molecular flexibility index (Phi) is 1.27. The number of rotatable bonds is 0. The number of halogens is 3. The first-order chi connectivity index (χ1) is 4.37. The van der Waals surface area contributed by atoms with Crippen molar-refractivity contribution in [3.05, 3.63) is 0 Å². The van der Waals surface area contributed by atoms with E-state index in [4.69, 9.17) is 34.8 Å². The van der Waals surface area contributed by atoms with E-state index in [1.165, 1.54) is 0 Å². The van der Waals surface area contributed by atoms with Crippen LogP contribution in [0.1, 0.15) is 0 Å². The summed E-state index contributed by atoms with van der Waals surface area (Å²) in [4.78, 5) is 0. The van der Waals surface area contributed by atoms with Gasteiger partial charge in [0.1, 0.15) is 0 Å². The average molecular weight is 225 g/mol. The summed E-state index contributed by atoms with van der Waals surface area (Å²) in [6.07, 6.45) is 0. The smallest absolute Gasteiger partial charge is 0.227 e. The highest BCUT2D eigenvalue weighted by Crippen LogP contribution is 2.84. The van der Waals surface area contributed by atoms with Crippen LogP contribution >= 0.6 is 42.6 Å². The molecule has 4 nitrogen and oxygen atoms in total. The normalized spacial score (nSPS) is 51.5. The Balaban J connectivity index is 2.18. The molecule has 0 aromatic carbocycles. The minimum Gasteiger partial charge on any atom is -0.227 e. The molecule has 3 saturated heterocycles. The second-order valence-corrected chi connectivity index (χ2v) is 5.50. The van der Waals surface area contributed by atoms with Crippen LogP contribution in [0.3, 0.4) is 0 Å². The van der Waals surface area contributed by atoms with Gasteiger partial charge in [-0.25, -0.2) is 18.1 Å². The maximum atomic E-state index is 10.5. The molecule has 3 heterocycles. The molecule has 2 bridgehead atoms. The van der Waals surface area contributed by atoms with Crippen LogP contribution in [0.15, 0.2) is 0 Å². The van der Waals surface area contributed by atoms with Crippen molar-refractivity contribution < 1.29 is 18.1 Å². The predicted octanol–water partition coefficient (Wildman–Crippen LogP) is 2.20. The summed E-state index contributed by atoms with van der Waals surface area (Å²) < 4.78 is 22.1. The molecule has 0 unspecified atom stereocenters. The lowest BCUT2D eigenvalue weighted by molar-refractivity contribution is -0.425. The summed E-state index contributed by atoms with van der Waals surface area (Å²) in [5, 5.41) is 0. The first-order valence-electron chi connectivity index (χ1n) is 2.16. The van der Waals surface area contributed by atoms with Crippen molar-refractivity contribution in [1.82, 2.24) is 0 Å². The fourth-order valence-electron chi connectivity index (χ4n) is 0.617. The third-order valence-electron chi connectivity index (χ3n) is 1.04. The third kappa shape index (κ3) is 0.730. The summed E-state index contributed by atoms with van der Waals surface area (Å²) in [6.45, 7) is 0. The van der Waals surface area contributed by atoms with E-state index in [-0.39, 0.29) is 0 Å². The van der Waals surface area contributed by atoms with Crippen molar-refractivity contribution in [2.45, 2.75) is 9.77 Å². The zero-order valence-corrected chi connectivity index (χ0v) is 7.38. The standard InChI is InChI=1S/C2Cl3O4P/c3-1(4,5)2-7-10(6,8-2)9-2. The number of hydrogen-bond acceptors (Lipinski definition) is 4. The van der Waals surface area contributed by atoms with Crippen molar-refractivity contribution in [2.75, 3.05) is 0 Å². The van der Waals surface area contributed by atoms with Gasteiger partial charge >= 0.3 is 13.8 Å². The highest BCUT2D eigenvalue weighted by atomic mass is 35.6. The fourth-order valence-corrected chi connectivity index (χ4v) is 2.78. The molecule has 0 radical (unpaired) electrons. The number of phosphoric ester groups is 1. The van der Waals surface area contributed by atoms with E-state index in [2.05, 4.69) is 13.6 Å². The molecule has 3 aliphatic rings. The van der Waals surface area contributed by atoms with Gasteiger partial charge in [0.2, 0.25) is 0 Å². The average Bonchev–Trinajstić information content (AvgIpc) is 1.51. The van der Waals surface area contributed by atoms with Crippen LogP contribution in [0.5, 0.6) is 0 Å². The lowest BCUT2D eigenvalue weighted by atomic mass is 10.6. The first-order valence-corrected chi connectivity index (χ1v) is 4.75. The molecule has 3 rings (SSSR count). The van der Waals surface area contributed by atoms with Crippen LogP contribution < -0.4 is 0 Å². The van der Waals surface area contributed by atoms with Gasteiger partial charge in [-0.05, 0) is 0 Å². The molecule has 0 aromatic rings. The predicted molar refractivity (Wildman–Crippen MR) is 33.9 cm³/mol. The van der Waals surface area contributed by atoms with E-state index in [1.807, 2.05) is 0 Å². The third-order valence-corrected chi connectivity index (χ3v) is 3.13. The Morgan fingerprint density at radius 3 is 1.70 bits per heavy atom. The molecule has 10 heavy (non-hydrogen) atoms. The zero-order chi connectivity index (χ0) is 7.62. The summed E-state index contributed by atoms with van der Waals surface area (Å²) in [5.41, 5.74) is 0. The van der Waals surface area contributed by atoms with Gasteiger partial charge in [0.05, 0.1) is 0 Å². The Bertz CT molecular complexity index is 207. The molecule has 0 atom stereocenters. The minimum atomic E-state index is -3.24. The van der Waals surface area contributed by atoms with Crippen molar-refractivity contribution >= 4 is 42.6 Å². The second-order valence-electron chi connectivity index (χ2n) is 1.78. The van der Waals surface area contributed by atoms with Gasteiger partial charge in [-0.2, -0.15) is 0 Å². The quantitative estimate of drug-likeness (QED) is 0.468. The van der Waals surface area contributed by atoms with E-state index in [0.29, 0.717) is 0 Å². The van der Waals surface area contributed by atoms with Crippen LogP contribution in [0.4, 0.5) is 0 Å². The van der Waals surface area contributed by atoms with Gasteiger partial charge in [0, 0.05) is 0 Å². The van der Waals surface area contributed by atoms with E-state index in [9.17, 15) is 4.57 Å². The lowest BCUT2D eigenvalue weighted by Crippen LogP contribution is -2.65. The molecule has 0 spiro atoms. The molecule has 3 fully saturated rings. The van der Waals surface area contributed by atoms with Crippen molar-refractivity contribution in [3.8, 4) is 0 Å². The Hall–Kier alpha value is 0.980. The number of hydrogen-bond donors (Lipinski definition) is 0. The van der Waals surface area contributed by atoms with E-state index < -0.39 is 17.6 Å². The summed E-state index contributed by atoms with van der Waals surface area (Å²) >= 11 is 15.9. The molecule has 0 aromatic heterocycles. The van der Waals surface area contributed by atoms with Crippen LogP contribution in [0.2, 0.25) is 0 Å². The Labute approximate surface area is 70.9 Å². The highest BCUT2D eigenvalue weighted by molar-refractivity contribution is 7.52. The molecule has 0 aliphatic carbocycles. The molecule has 58 valence electrons. The highest BCUT2D eigenvalue weighted by Gasteiger charge is 2.83. The summed E-state index contributed by atoms with van der Waals surface area (Å²) in [5.74, 6) is -1.70. The molecular formula is C2Cl3O4P. The van der Waals surface area contributed by atoms with Crippen LogP contribution in [0.25, 0.3) is 0 Å². The Morgan fingerprint density at radius 1 is 1.20 bits per heavy atom. The van der Waals surface area contributed by atoms with Crippen molar-refractivity contribution in [3.63, 3.8) is 0 Å². The first kappa shape index (κ1) is 7.62. The monoisotopic (exact) mass is 224 g/mol. The second kappa shape index (κ2) is 1.67. The maximum absolute atomic E-state index is 10.5. The molecule has 0 saturated carbocycles. The Morgan fingerprint density at radius 2 is 1.60 bits per heavy atom. The zero-order valence-electron chi connectivity index (χ0n) is 4.21. The van der Waals surface area contributed by atoms with Crippen LogP contribution in [-0.2, 0) is 18.1 Å². The van der Waals surface area contributed by atoms with E-state index in [0.717, 1.165) is 0 Å². The summed E-state index contributed by atoms with van der Waals surface area (Å²) in [6, 6.07) is 0. The number of phosphoric acid groups is 1.